The van der Waals surface area contributed by atoms with Crippen molar-refractivity contribution in [3.8, 4) is 56.2 Å². The maximum Gasteiger partial charge on any atom is 0.315 e. The highest BCUT2D eigenvalue weighted by molar-refractivity contribution is 6.06. The lowest BCUT2D eigenvalue weighted by Gasteiger charge is -2.17. The Kier molecular flexibility index (Phi) is 14.5. The number of imidazole rings is 2. The number of para-hydroxylation sites is 1. The summed E-state index contributed by atoms with van der Waals surface area (Å²) in [6.07, 6.45) is 5.46. The fourth-order valence-electron chi connectivity index (χ4n) is 8.98. The van der Waals surface area contributed by atoms with Gasteiger partial charge in [-0.05, 0) is 90.2 Å². The van der Waals surface area contributed by atoms with Crippen LogP contribution in [0.3, 0.4) is 0 Å². The SMILES string of the molecule is C=CC(=O)Nc1cc(-c2cnc3[nH]c(-c4cccc(C)c4NC(=O)C=C)nc3c2-c2ccc(CNC(=O)c3nc(C(C)(C)C)no3)c(F)c2)c(C)cc1-c1nc2c(-c3ccc(CNC(=O)c4nc(C(C)(C)C)no4)c(F)c3)ccnc2[nH]1. The highest BCUT2D eigenvalue weighted by Gasteiger charge is 2.28. The van der Waals surface area contributed by atoms with Gasteiger partial charge in [-0.15, -0.1) is 0 Å². The number of amides is 4. The molecule has 22 heteroatoms. The van der Waals surface area contributed by atoms with E-state index >= 15 is 8.78 Å². The Hall–Kier alpha value is -10.4. The van der Waals surface area contributed by atoms with Crippen molar-refractivity contribution in [3.05, 3.63) is 168 Å². The smallest absolute Gasteiger partial charge is 0.315 e. The average molecular weight is 1110 g/mol. The Labute approximate surface area is 467 Å². The maximum atomic E-state index is 16.6. The fraction of sp³-hybridized carbons (Fsp3) is 0.200. The second-order valence-corrected chi connectivity index (χ2v) is 21.4. The van der Waals surface area contributed by atoms with E-state index in [1.165, 1.54) is 12.1 Å². The average Bonchev–Trinajstić information content (AvgIpc) is 4.35. The van der Waals surface area contributed by atoms with E-state index in [2.05, 4.69) is 69.7 Å². The van der Waals surface area contributed by atoms with E-state index in [1.54, 1.807) is 54.9 Å². The number of rotatable bonds is 15. The summed E-state index contributed by atoms with van der Waals surface area (Å²) in [5.41, 5.74) is 6.97. The van der Waals surface area contributed by atoms with Crippen LogP contribution in [-0.2, 0) is 33.5 Å². The molecule has 0 aliphatic heterocycles. The third-order valence-electron chi connectivity index (χ3n) is 13.4. The number of fused-ring (bicyclic) bond motifs is 2. The molecule has 6 N–H and O–H groups in total. The van der Waals surface area contributed by atoms with Crippen LogP contribution >= 0.6 is 0 Å². The van der Waals surface area contributed by atoms with Crippen molar-refractivity contribution in [3.63, 3.8) is 0 Å². The number of H-pyrrole nitrogens is 2. The molecule has 0 radical (unpaired) electrons. The lowest BCUT2D eigenvalue weighted by atomic mass is 9.90. The van der Waals surface area contributed by atoms with E-state index in [-0.39, 0.29) is 36.0 Å². The summed E-state index contributed by atoms with van der Waals surface area (Å²) in [7, 11) is 0. The number of aromatic amines is 2. The van der Waals surface area contributed by atoms with Crippen molar-refractivity contribution in [2.24, 2.45) is 0 Å². The summed E-state index contributed by atoms with van der Waals surface area (Å²) in [4.78, 5) is 86.3. The van der Waals surface area contributed by atoms with Crippen LogP contribution in [0.2, 0.25) is 0 Å². The molecule has 0 saturated heterocycles. The predicted molar refractivity (Wildman–Crippen MR) is 304 cm³/mol. The van der Waals surface area contributed by atoms with E-state index in [0.29, 0.717) is 107 Å². The van der Waals surface area contributed by atoms with Crippen molar-refractivity contribution in [1.82, 2.24) is 60.8 Å². The molecule has 0 unspecified atom stereocenters. The molecule has 0 bridgehead atoms. The van der Waals surface area contributed by atoms with Crippen LogP contribution in [-0.4, -0.2) is 73.8 Å². The summed E-state index contributed by atoms with van der Waals surface area (Å²) in [6.45, 7) is 21.9. The molecule has 414 valence electrons. The van der Waals surface area contributed by atoms with Gasteiger partial charge >= 0.3 is 23.6 Å². The fourth-order valence-corrected chi connectivity index (χ4v) is 8.98. The molecule has 20 nitrogen and oxygen atoms in total. The molecule has 4 amide bonds. The first-order valence-corrected chi connectivity index (χ1v) is 25.8. The zero-order chi connectivity index (χ0) is 58.4. The molecule has 10 aromatic rings. The maximum absolute atomic E-state index is 16.6. The van der Waals surface area contributed by atoms with Crippen LogP contribution in [0.5, 0.6) is 0 Å². The zero-order valence-electron chi connectivity index (χ0n) is 45.8. The van der Waals surface area contributed by atoms with Gasteiger partial charge in [-0.3, -0.25) is 19.2 Å². The monoisotopic (exact) mass is 1100 g/mol. The molecule has 0 aliphatic rings. The molecule has 10 rings (SSSR count). The van der Waals surface area contributed by atoms with E-state index in [4.69, 9.17) is 24.0 Å². The van der Waals surface area contributed by atoms with Gasteiger partial charge in [0, 0.05) is 75.3 Å². The minimum absolute atomic E-state index is 0.155. The summed E-state index contributed by atoms with van der Waals surface area (Å²) in [5.74, 6) is -2.66. The Morgan fingerprint density at radius 2 is 1.16 bits per heavy atom. The quantitative estimate of drug-likeness (QED) is 0.0521. The number of anilines is 2. The van der Waals surface area contributed by atoms with Crippen LogP contribution in [0, 0.1) is 25.5 Å². The van der Waals surface area contributed by atoms with Crippen molar-refractivity contribution < 1.29 is 37.0 Å². The van der Waals surface area contributed by atoms with Gasteiger partial charge in [0.25, 0.3) is 0 Å². The van der Waals surface area contributed by atoms with E-state index < -0.39 is 46.1 Å². The minimum atomic E-state index is -0.676. The number of hydrogen-bond acceptors (Lipinski definition) is 14. The van der Waals surface area contributed by atoms with Gasteiger partial charge in [0.2, 0.25) is 11.8 Å². The van der Waals surface area contributed by atoms with Crippen LogP contribution in [0.4, 0.5) is 20.2 Å². The number of pyridine rings is 2. The second kappa shape index (κ2) is 21.7. The molecule has 0 aliphatic carbocycles. The van der Waals surface area contributed by atoms with Gasteiger partial charge in [-0.2, -0.15) is 9.97 Å². The highest BCUT2D eigenvalue weighted by Crippen LogP contribution is 2.43. The Morgan fingerprint density at radius 3 is 1.74 bits per heavy atom. The summed E-state index contributed by atoms with van der Waals surface area (Å²) >= 11 is 0. The molecule has 0 saturated carbocycles. The van der Waals surface area contributed by atoms with Crippen LogP contribution in [0.25, 0.3) is 78.5 Å². The standard InChI is InChI=1S/C60H54F2N14O6/c1-11-43(77)67-42-25-37(30(4)22-38(42)50-69-47-35(20-21-63-51(47)72-50)31-16-18-33(40(61)23-31)26-65-53(79)55-73-57(75-81-55)59(5,6)7)39-28-64-52-48(70-49(71-52)36-15-13-14-29(3)46(36)68-44(78)12-2)45(39)32-17-19-34(41(62)24-32)27-66-54(80)56-74-58(76-82-56)60(8,9)10/h11-25,28H,1-2,26-27H2,3-10H3,(H,65,79)(H,66,80)(H,67,77)(H,68,78)(H,63,69,72)(H,64,70,71). The summed E-state index contributed by atoms with van der Waals surface area (Å²) in [6, 6.07) is 19.9. The molecule has 6 heterocycles. The summed E-state index contributed by atoms with van der Waals surface area (Å²) < 4.78 is 42.8. The number of carbonyl (C=O) groups is 4. The molecule has 6 aromatic heterocycles. The van der Waals surface area contributed by atoms with Gasteiger partial charge in [0.05, 0.1) is 11.4 Å². The molecule has 4 aromatic carbocycles. The van der Waals surface area contributed by atoms with Gasteiger partial charge in [0.15, 0.2) is 22.9 Å². The molecule has 82 heavy (non-hydrogen) atoms. The molecule has 0 atom stereocenters. The van der Waals surface area contributed by atoms with Crippen LogP contribution in [0.1, 0.15) is 96.8 Å². The number of aryl methyl sites for hydroxylation is 2. The van der Waals surface area contributed by atoms with Crippen molar-refractivity contribution >= 4 is 57.3 Å². The Bertz CT molecular complexity index is 4240. The largest absolute Gasteiger partial charge is 0.344 e. The number of nitrogens with one attached hydrogen (secondary N) is 6. The minimum Gasteiger partial charge on any atom is -0.344 e. The normalized spacial score (nSPS) is 11.7. The molecule has 0 fully saturated rings. The van der Waals surface area contributed by atoms with E-state index in [0.717, 1.165) is 17.7 Å². The van der Waals surface area contributed by atoms with Gasteiger partial charge in [0.1, 0.15) is 34.3 Å². The van der Waals surface area contributed by atoms with Gasteiger partial charge in [-0.1, -0.05) is 101 Å². The van der Waals surface area contributed by atoms with E-state index in [1.807, 2.05) is 73.6 Å². The number of carbonyl (C=O) groups excluding carboxylic acids is 4. The topological polar surface area (TPSA) is 277 Å². The summed E-state index contributed by atoms with van der Waals surface area (Å²) in [5, 5.41) is 18.9. The van der Waals surface area contributed by atoms with Crippen molar-refractivity contribution in [2.75, 3.05) is 10.6 Å². The first-order valence-electron chi connectivity index (χ1n) is 25.8. The highest BCUT2D eigenvalue weighted by atomic mass is 19.1. The van der Waals surface area contributed by atoms with Crippen molar-refractivity contribution in [1.29, 1.82) is 0 Å². The third-order valence-corrected chi connectivity index (χ3v) is 13.4. The van der Waals surface area contributed by atoms with Crippen molar-refractivity contribution in [2.45, 2.75) is 79.3 Å². The van der Waals surface area contributed by atoms with Crippen LogP contribution < -0.4 is 21.3 Å². The number of benzene rings is 4. The molecular weight excluding hydrogens is 1050 g/mol. The number of aromatic nitrogens is 10. The van der Waals surface area contributed by atoms with Gasteiger partial charge < -0.3 is 40.3 Å². The zero-order valence-corrected chi connectivity index (χ0v) is 45.8. The first kappa shape index (κ1) is 55.0. The lowest BCUT2D eigenvalue weighted by Crippen LogP contribution is -2.24. The predicted octanol–water partition coefficient (Wildman–Crippen LogP) is 10.9. The number of nitrogens with zero attached hydrogens (tertiary/aromatic N) is 8. The molecule has 0 spiro atoms. The Morgan fingerprint density at radius 1 is 0.598 bits per heavy atom. The first-order chi connectivity index (χ1) is 39.1. The number of hydrogen-bond donors (Lipinski definition) is 6. The Balaban J connectivity index is 1.03. The second-order valence-electron chi connectivity index (χ2n) is 21.4. The van der Waals surface area contributed by atoms with Crippen LogP contribution in [0.15, 0.2) is 120 Å². The lowest BCUT2D eigenvalue weighted by molar-refractivity contribution is -0.112. The van der Waals surface area contributed by atoms with E-state index in [9.17, 15) is 19.2 Å². The van der Waals surface area contributed by atoms with Gasteiger partial charge in [-0.25, -0.2) is 28.7 Å². The molecular formula is C60H54F2N14O6. The number of halogens is 2. The third kappa shape index (κ3) is 11.0.